The molecular formula is C15H25N5OS. The van der Waals surface area contributed by atoms with E-state index in [-0.39, 0.29) is 5.91 Å². The summed E-state index contributed by atoms with van der Waals surface area (Å²) >= 11 is 1.87. The summed E-state index contributed by atoms with van der Waals surface area (Å²) in [6, 6.07) is 3.49. The highest BCUT2D eigenvalue weighted by Gasteiger charge is 2.03. The lowest BCUT2D eigenvalue weighted by Gasteiger charge is -2.12. The lowest BCUT2D eigenvalue weighted by molar-refractivity contribution is 0.0954. The van der Waals surface area contributed by atoms with Crippen LogP contribution < -0.4 is 16.0 Å². The van der Waals surface area contributed by atoms with Gasteiger partial charge in [0.2, 0.25) is 0 Å². The van der Waals surface area contributed by atoms with Gasteiger partial charge in [-0.3, -0.25) is 14.8 Å². The van der Waals surface area contributed by atoms with Crippen LogP contribution >= 0.6 is 11.8 Å². The number of aliphatic imine (C=N–C) groups is 1. The fraction of sp³-hybridized carbons (Fsp3) is 0.533. The summed E-state index contributed by atoms with van der Waals surface area (Å²) in [5.74, 6) is 1.84. The van der Waals surface area contributed by atoms with Gasteiger partial charge in [-0.15, -0.1) is 0 Å². The van der Waals surface area contributed by atoms with Crippen molar-refractivity contribution in [3.8, 4) is 0 Å². The van der Waals surface area contributed by atoms with Gasteiger partial charge in [0.15, 0.2) is 5.96 Å². The highest BCUT2D eigenvalue weighted by molar-refractivity contribution is 7.98. The predicted molar refractivity (Wildman–Crippen MR) is 93.6 cm³/mol. The standard InChI is InChI=1S/C15H25N5OS/c1-16-15(19-8-3-4-11-22-2)20-10-9-18-14(21)13-6-5-7-17-12-13/h5-7,12H,3-4,8-11H2,1-2H3,(H,18,21)(H2,16,19,20). The molecule has 6 nitrogen and oxygen atoms in total. The average Bonchev–Trinajstić information content (AvgIpc) is 2.57. The van der Waals surface area contributed by atoms with Crippen molar-refractivity contribution < 1.29 is 4.79 Å². The van der Waals surface area contributed by atoms with Crippen LogP contribution in [0.1, 0.15) is 23.2 Å². The van der Waals surface area contributed by atoms with Crippen molar-refractivity contribution in [2.45, 2.75) is 12.8 Å². The van der Waals surface area contributed by atoms with E-state index in [9.17, 15) is 4.79 Å². The Kier molecular flexibility index (Phi) is 9.85. The van der Waals surface area contributed by atoms with Crippen LogP contribution in [0.25, 0.3) is 0 Å². The second-order valence-corrected chi connectivity index (χ2v) is 5.61. The van der Waals surface area contributed by atoms with Crippen molar-refractivity contribution in [2.24, 2.45) is 4.99 Å². The Morgan fingerprint density at radius 1 is 1.23 bits per heavy atom. The molecule has 0 aliphatic rings. The molecule has 0 aromatic carbocycles. The zero-order valence-electron chi connectivity index (χ0n) is 13.3. The average molecular weight is 323 g/mol. The first-order chi connectivity index (χ1) is 10.8. The van der Waals surface area contributed by atoms with Crippen LogP contribution in [0, 0.1) is 0 Å². The summed E-state index contributed by atoms with van der Waals surface area (Å²) in [4.78, 5) is 19.9. The maximum atomic E-state index is 11.8. The Labute approximate surface area is 136 Å². The van der Waals surface area contributed by atoms with Crippen LogP contribution in [-0.4, -0.2) is 55.5 Å². The van der Waals surface area contributed by atoms with Crippen molar-refractivity contribution in [3.05, 3.63) is 30.1 Å². The zero-order chi connectivity index (χ0) is 16.0. The number of pyridine rings is 1. The van der Waals surface area contributed by atoms with E-state index >= 15 is 0 Å². The van der Waals surface area contributed by atoms with Gasteiger partial charge < -0.3 is 16.0 Å². The summed E-state index contributed by atoms with van der Waals surface area (Å²) in [6.45, 7) is 2.06. The largest absolute Gasteiger partial charge is 0.356 e. The molecule has 3 N–H and O–H groups in total. The van der Waals surface area contributed by atoms with E-state index in [0.29, 0.717) is 18.7 Å². The first-order valence-corrected chi connectivity index (χ1v) is 8.79. The van der Waals surface area contributed by atoms with Gasteiger partial charge in [0.1, 0.15) is 0 Å². The van der Waals surface area contributed by atoms with Gasteiger partial charge in [-0.25, -0.2) is 0 Å². The Hall–Kier alpha value is -1.76. The number of carbonyl (C=O) groups excluding carboxylic acids is 1. The molecule has 1 heterocycles. The molecule has 0 aliphatic carbocycles. The zero-order valence-corrected chi connectivity index (χ0v) is 14.1. The number of hydrogen-bond donors (Lipinski definition) is 3. The topological polar surface area (TPSA) is 78.4 Å². The van der Waals surface area contributed by atoms with Gasteiger partial charge in [0.25, 0.3) is 5.91 Å². The minimum Gasteiger partial charge on any atom is -0.356 e. The summed E-state index contributed by atoms with van der Waals surface area (Å²) < 4.78 is 0. The molecule has 7 heteroatoms. The third-order valence-corrected chi connectivity index (χ3v) is 3.61. The van der Waals surface area contributed by atoms with Crippen molar-refractivity contribution in [1.82, 2.24) is 20.9 Å². The van der Waals surface area contributed by atoms with E-state index in [2.05, 4.69) is 32.2 Å². The van der Waals surface area contributed by atoms with E-state index < -0.39 is 0 Å². The van der Waals surface area contributed by atoms with Crippen molar-refractivity contribution in [2.75, 3.05) is 38.7 Å². The second-order valence-electron chi connectivity index (χ2n) is 4.62. The molecule has 0 unspecified atom stereocenters. The smallest absolute Gasteiger partial charge is 0.252 e. The molecule has 0 atom stereocenters. The van der Waals surface area contributed by atoms with Gasteiger partial charge in [-0.05, 0) is 37.0 Å². The Bertz CT molecular complexity index is 453. The maximum absolute atomic E-state index is 11.8. The maximum Gasteiger partial charge on any atom is 0.252 e. The van der Waals surface area contributed by atoms with Crippen LogP contribution in [0.3, 0.4) is 0 Å². The molecular weight excluding hydrogens is 298 g/mol. The number of amides is 1. The highest BCUT2D eigenvalue weighted by Crippen LogP contribution is 1.97. The van der Waals surface area contributed by atoms with Gasteiger partial charge in [0.05, 0.1) is 5.56 Å². The van der Waals surface area contributed by atoms with Gasteiger partial charge in [-0.2, -0.15) is 11.8 Å². The molecule has 0 saturated heterocycles. The number of unbranched alkanes of at least 4 members (excludes halogenated alkanes) is 1. The molecule has 1 aromatic rings. The Balaban J connectivity index is 2.13. The molecule has 122 valence electrons. The van der Waals surface area contributed by atoms with E-state index in [0.717, 1.165) is 18.9 Å². The molecule has 1 aromatic heterocycles. The molecule has 1 amide bonds. The Morgan fingerprint density at radius 3 is 2.68 bits per heavy atom. The molecule has 1 rings (SSSR count). The summed E-state index contributed by atoms with van der Waals surface area (Å²) in [6.07, 6.45) is 7.64. The first kappa shape index (κ1) is 18.3. The molecule has 0 radical (unpaired) electrons. The van der Waals surface area contributed by atoms with Crippen molar-refractivity contribution in [1.29, 1.82) is 0 Å². The number of nitrogens with zero attached hydrogens (tertiary/aromatic N) is 2. The second kappa shape index (κ2) is 11.9. The summed E-state index contributed by atoms with van der Waals surface area (Å²) in [7, 11) is 1.74. The van der Waals surface area contributed by atoms with Crippen molar-refractivity contribution >= 4 is 23.6 Å². The number of hydrogen-bond acceptors (Lipinski definition) is 4. The highest BCUT2D eigenvalue weighted by atomic mass is 32.2. The van der Waals surface area contributed by atoms with Gasteiger partial charge in [0, 0.05) is 39.1 Å². The quantitative estimate of drug-likeness (QED) is 0.361. The number of guanidine groups is 1. The third-order valence-electron chi connectivity index (χ3n) is 2.92. The van der Waals surface area contributed by atoms with E-state index in [1.165, 1.54) is 12.2 Å². The SMILES string of the molecule is CN=C(NCCCCSC)NCCNC(=O)c1cccnc1. The van der Waals surface area contributed by atoms with Crippen LogP contribution in [-0.2, 0) is 0 Å². The number of aromatic nitrogens is 1. The minimum absolute atomic E-state index is 0.116. The Morgan fingerprint density at radius 2 is 2.00 bits per heavy atom. The van der Waals surface area contributed by atoms with E-state index in [1.807, 2.05) is 11.8 Å². The van der Waals surface area contributed by atoms with Gasteiger partial charge in [-0.1, -0.05) is 0 Å². The minimum atomic E-state index is -0.116. The lowest BCUT2D eigenvalue weighted by Crippen LogP contribution is -2.41. The van der Waals surface area contributed by atoms with Crippen LogP contribution in [0.5, 0.6) is 0 Å². The normalized spacial score (nSPS) is 11.1. The van der Waals surface area contributed by atoms with Crippen LogP contribution in [0.15, 0.2) is 29.5 Å². The fourth-order valence-electron chi connectivity index (χ4n) is 1.75. The van der Waals surface area contributed by atoms with E-state index in [4.69, 9.17) is 0 Å². The molecule has 0 aliphatic heterocycles. The molecule has 0 bridgehead atoms. The van der Waals surface area contributed by atoms with Crippen molar-refractivity contribution in [3.63, 3.8) is 0 Å². The van der Waals surface area contributed by atoms with Gasteiger partial charge >= 0.3 is 0 Å². The van der Waals surface area contributed by atoms with Crippen LogP contribution in [0.2, 0.25) is 0 Å². The molecule has 0 fully saturated rings. The number of carbonyl (C=O) groups is 1. The number of thioether (sulfide) groups is 1. The molecule has 0 spiro atoms. The number of rotatable bonds is 9. The van der Waals surface area contributed by atoms with Crippen LogP contribution in [0.4, 0.5) is 0 Å². The predicted octanol–water partition coefficient (Wildman–Crippen LogP) is 1.12. The molecule has 0 saturated carbocycles. The first-order valence-electron chi connectivity index (χ1n) is 7.39. The monoisotopic (exact) mass is 323 g/mol. The third kappa shape index (κ3) is 7.87. The molecule has 22 heavy (non-hydrogen) atoms. The lowest BCUT2D eigenvalue weighted by atomic mass is 10.3. The fourth-order valence-corrected chi connectivity index (χ4v) is 2.25. The van der Waals surface area contributed by atoms with E-state index in [1.54, 1.807) is 31.6 Å². The summed E-state index contributed by atoms with van der Waals surface area (Å²) in [5, 5.41) is 9.26. The summed E-state index contributed by atoms with van der Waals surface area (Å²) in [5.41, 5.74) is 0.568. The number of nitrogens with one attached hydrogen (secondary N) is 3.